The Kier molecular flexibility index (Phi) is 5.19. The zero-order valence-electron chi connectivity index (χ0n) is 17.7. The van der Waals surface area contributed by atoms with Crippen LogP contribution in [0.25, 0.3) is 0 Å². The van der Waals surface area contributed by atoms with Crippen molar-refractivity contribution in [2.24, 2.45) is 11.8 Å². The Morgan fingerprint density at radius 1 is 1.19 bits per heavy atom. The first kappa shape index (κ1) is 22.5. The molecular weight excluding hydrogens is 429 g/mol. The number of carbonyl (C=O) groups is 2. The van der Waals surface area contributed by atoms with E-state index in [1.54, 1.807) is 27.0 Å². The van der Waals surface area contributed by atoms with E-state index in [2.05, 4.69) is 0 Å². The summed E-state index contributed by atoms with van der Waals surface area (Å²) in [5.41, 5.74) is -3.49. The summed E-state index contributed by atoms with van der Waals surface area (Å²) < 4.78 is 56.9. The van der Waals surface area contributed by atoms with Crippen LogP contribution in [0, 0.1) is 23.2 Å². The van der Waals surface area contributed by atoms with Gasteiger partial charge in [-0.2, -0.15) is 18.4 Å². The number of methoxy groups -OCH3 is 1. The van der Waals surface area contributed by atoms with Crippen molar-refractivity contribution in [3.05, 3.63) is 41.0 Å². The Hall–Kier alpha value is -2.74. The third-order valence-electron chi connectivity index (χ3n) is 6.42. The molecule has 4 atom stereocenters. The van der Waals surface area contributed by atoms with Gasteiger partial charge in [0.25, 0.3) is 0 Å². The Morgan fingerprint density at radius 2 is 1.88 bits per heavy atom. The lowest BCUT2D eigenvalue weighted by Crippen LogP contribution is -2.42. The van der Waals surface area contributed by atoms with Crippen molar-refractivity contribution in [3.63, 3.8) is 0 Å². The zero-order chi connectivity index (χ0) is 23.5. The number of hydrogen-bond acceptors (Lipinski definition) is 6. The summed E-state index contributed by atoms with van der Waals surface area (Å²) in [6.07, 6.45) is -3.04. The number of nitriles is 1. The van der Waals surface area contributed by atoms with Gasteiger partial charge in [0.15, 0.2) is 0 Å². The van der Waals surface area contributed by atoms with Crippen molar-refractivity contribution in [1.82, 2.24) is 0 Å². The third kappa shape index (κ3) is 3.15. The number of carbonyl (C=O) groups excluding carboxylic acids is 2. The van der Waals surface area contributed by atoms with Crippen LogP contribution in [0.1, 0.15) is 25.0 Å². The van der Waals surface area contributed by atoms with Gasteiger partial charge in [0.05, 0.1) is 60.1 Å². The number of amides is 2. The molecule has 0 spiro atoms. The summed E-state index contributed by atoms with van der Waals surface area (Å²) in [7, 11) is 1.54. The number of hydrogen-bond donors (Lipinski definition) is 0. The molecule has 3 heterocycles. The molecule has 170 valence electrons. The van der Waals surface area contributed by atoms with Gasteiger partial charge in [-0.3, -0.25) is 9.59 Å². The van der Waals surface area contributed by atoms with E-state index in [9.17, 15) is 22.8 Å². The molecule has 3 aliphatic heterocycles. The van der Waals surface area contributed by atoms with Crippen LogP contribution in [0.3, 0.4) is 0 Å². The zero-order valence-corrected chi connectivity index (χ0v) is 17.7. The van der Waals surface area contributed by atoms with Gasteiger partial charge in [-0.15, -0.1) is 0 Å². The van der Waals surface area contributed by atoms with Gasteiger partial charge in [0.1, 0.15) is 5.60 Å². The molecule has 2 saturated heterocycles. The van der Waals surface area contributed by atoms with Crippen LogP contribution in [0.15, 0.2) is 29.8 Å². The molecule has 1 aromatic rings. The normalized spacial score (nSPS) is 31.2. The second kappa shape index (κ2) is 7.40. The van der Waals surface area contributed by atoms with E-state index < -0.39 is 52.2 Å². The molecule has 0 N–H and O–H groups in total. The monoisotopic (exact) mass is 450 g/mol. The number of nitrogens with zero attached hydrogens (tertiary/aromatic N) is 2. The minimum Gasteiger partial charge on any atom is -0.382 e. The highest BCUT2D eigenvalue weighted by Crippen LogP contribution is 2.60. The topological polar surface area (TPSA) is 88.9 Å². The van der Waals surface area contributed by atoms with Crippen molar-refractivity contribution in [1.29, 1.82) is 5.26 Å². The number of imide groups is 1. The molecule has 0 unspecified atom stereocenters. The molecule has 2 amide bonds. The third-order valence-corrected chi connectivity index (χ3v) is 6.42. The molecule has 1 aromatic carbocycles. The van der Waals surface area contributed by atoms with E-state index >= 15 is 0 Å². The van der Waals surface area contributed by atoms with Gasteiger partial charge < -0.3 is 14.2 Å². The average molecular weight is 450 g/mol. The van der Waals surface area contributed by atoms with E-state index in [1.807, 2.05) is 0 Å². The van der Waals surface area contributed by atoms with Crippen LogP contribution in [0.5, 0.6) is 0 Å². The number of alkyl halides is 3. The number of rotatable bonds is 6. The molecule has 10 heteroatoms. The number of ether oxygens (including phenoxy) is 3. The van der Waals surface area contributed by atoms with Crippen LogP contribution in [-0.4, -0.2) is 49.9 Å². The Morgan fingerprint density at radius 3 is 2.50 bits per heavy atom. The van der Waals surface area contributed by atoms with Crippen molar-refractivity contribution in [2.75, 3.05) is 31.8 Å². The molecule has 3 aliphatic rings. The Labute approximate surface area is 182 Å². The van der Waals surface area contributed by atoms with E-state index in [0.717, 1.165) is 11.0 Å². The largest absolute Gasteiger partial charge is 0.417 e. The van der Waals surface area contributed by atoms with Crippen molar-refractivity contribution < 1.29 is 37.0 Å². The minimum atomic E-state index is -4.81. The summed E-state index contributed by atoms with van der Waals surface area (Å²) in [6.45, 7) is 4.28. The van der Waals surface area contributed by atoms with Crippen LogP contribution in [0.4, 0.5) is 18.9 Å². The first-order valence-corrected chi connectivity index (χ1v) is 9.96. The molecule has 0 saturated carbocycles. The maximum absolute atomic E-state index is 13.4. The lowest BCUT2D eigenvalue weighted by atomic mass is 9.69. The van der Waals surface area contributed by atoms with Crippen LogP contribution < -0.4 is 4.90 Å². The summed E-state index contributed by atoms with van der Waals surface area (Å²) in [5, 5.41) is 9.01. The quantitative estimate of drug-likeness (QED) is 0.376. The molecule has 0 aliphatic carbocycles. The van der Waals surface area contributed by atoms with Gasteiger partial charge in [-0.25, -0.2) is 4.90 Å². The maximum Gasteiger partial charge on any atom is 0.417 e. The molecular formula is C22H21F3N2O5. The smallest absolute Gasteiger partial charge is 0.382 e. The lowest BCUT2D eigenvalue weighted by molar-refractivity contribution is -0.138. The maximum atomic E-state index is 13.4. The number of benzene rings is 1. The van der Waals surface area contributed by atoms with Gasteiger partial charge in [-0.05, 0) is 43.7 Å². The van der Waals surface area contributed by atoms with Crippen molar-refractivity contribution in [2.45, 2.75) is 31.2 Å². The average Bonchev–Trinajstić information content (AvgIpc) is 3.25. The van der Waals surface area contributed by atoms with Gasteiger partial charge in [0, 0.05) is 7.11 Å². The van der Waals surface area contributed by atoms with Gasteiger partial charge >= 0.3 is 6.18 Å². The number of fused-ring (bicyclic) bond motifs is 5. The van der Waals surface area contributed by atoms with E-state index in [0.29, 0.717) is 24.9 Å². The first-order chi connectivity index (χ1) is 15.0. The molecule has 2 fully saturated rings. The molecule has 0 radical (unpaired) electrons. The SMILES string of the molecule is COCCOCC1=C[C@]2(C)O[C@@]1(C)[C@H]1C(=O)N(c3ccc(C#N)c(C(F)(F)F)c3)C(=O)[C@H]12. The highest BCUT2D eigenvalue weighted by molar-refractivity contribution is 6.23. The number of anilines is 1. The summed E-state index contributed by atoms with van der Waals surface area (Å²) >= 11 is 0. The summed E-state index contributed by atoms with van der Waals surface area (Å²) in [4.78, 5) is 27.4. The second-order valence-electron chi connectivity index (χ2n) is 8.41. The molecule has 4 rings (SSSR count). The fraction of sp³-hybridized carbons (Fsp3) is 0.500. The molecule has 32 heavy (non-hydrogen) atoms. The van der Waals surface area contributed by atoms with Crippen LogP contribution >= 0.6 is 0 Å². The molecule has 7 nitrogen and oxygen atoms in total. The lowest BCUT2D eigenvalue weighted by Gasteiger charge is -2.30. The van der Waals surface area contributed by atoms with E-state index in [1.165, 1.54) is 12.1 Å². The Balaban J connectivity index is 1.68. The van der Waals surface area contributed by atoms with Crippen molar-refractivity contribution >= 4 is 17.5 Å². The highest BCUT2D eigenvalue weighted by atomic mass is 19.4. The predicted molar refractivity (Wildman–Crippen MR) is 104 cm³/mol. The second-order valence-corrected chi connectivity index (χ2v) is 8.41. The van der Waals surface area contributed by atoms with E-state index in [4.69, 9.17) is 19.5 Å². The fourth-order valence-electron chi connectivity index (χ4n) is 5.03. The van der Waals surface area contributed by atoms with Crippen LogP contribution in [-0.2, 0) is 30.0 Å². The molecule has 0 aromatic heterocycles. The fourth-order valence-corrected chi connectivity index (χ4v) is 5.03. The summed E-state index contributed by atoms with van der Waals surface area (Å²) in [5.74, 6) is -3.02. The number of halogens is 3. The highest BCUT2D eigenvalue weighted by Gasteiger charge is 2.72. The van der Waals surface area contributed by atoms with Gasteiger partial charge in [-0.1, -0.05) is 0 Å². The minimum absolute atomic E-state index is 0.176. The standard InChI is InChI=1S/C22H21F3N2O5/c1-20-9-13(11-31-7-6-30-3)21(2,32-20)17-16(20)18(28)27(19(17)29)14-5-4-12(10-26)15(8-14)22(23,24)25/h4-5,8-9,16-17H,6-7,11H2,1-3H3/t16-,17+,20-,21+/m0/s1. The van der Waals surface area contributed by atoms with Crippen molar-refractivity contribution in [3.8, 4) is 6.07 Å². The first-order valence-electron chi connectivity index (χ1n) is 9.96. The molecule has 2 bridgehead atoms. The van der Waals surface area contributed by atoms with Gasteiger partial charge in [0.2, 0.25) is 11.8 Å². The van der Waals surface area contributed by atoms with E-state index in [-0.39, 0.29) is 12.3 Å². The predicted octanol–water partition coefficient (Wildman–Crippen LogP) is 2.83. The summed E-state index contributed by atoms with van der Waals surface area (Å²) in [6, 6.07) is 4.31. The van der Waals surface area contributed by atoms with Crippen LogP contribution in [0.2, 0.25) is 0 Å². The Bertz CT molecular complexity index is 1060.